The molecule has 110 valence electrons. The van der Waals surface area contributed by atoms with Gasteiger partial charge in [-0.05, 0) is 12.1 Å². The topological polar surface area (TPSA) is 9.23 Å². The molecular formula is C19H28O. The molecule has 0 amide bonds. The second-order valence-electron chi connectivity index (χ2n) is 4.41. The number of benzene rings is 1. The molecule has 1 nitrogen and oxygen atoms in total. The number of hydrogen-bond donors (Lipinski definition) is 0. The smallest absolute Gasteiger partial charge is 0.131 e. The van der Waals surface area contributed by atoms with Crippen molar-refractivity contribution >= 4 is 0 Å². The van der Waals surface area contributed by atoms with Gasteiger partial charge in [-0.3, -0.25) is 0 Å². The van der Waals surface area contributed by atoms with Gasteiger partial charge in [0, 0.05) is 16.6 Å². The van der Waals surface area contributed by atoms with Crippen LogP contribution in [0, 0.1) is 0 Å². The first kappa shape index (κ1) is 18.2. The van der Waals surface area contributed by atoms with E-state index in [0.29, 0.717) is 0 Å². The van der Waals surface area contributed by atoms with Gasteiger partial charge in [0.1, 0.15) is 11.5 Å². The van der Waals surface area contributed by atoms with Crippen LogP contribution in [0.25, 0.3) is 0 Å². The Morgan fingerprint density at radius 2 is 1.50 bits per heavy atom. The summed E-state index contributed by atoms with van der Waals surface area (Å²) in [5, 5.41) is 0. The molecule has 1 aliphatic rings. The molecule has 1 aromatic rings. The summed E-state index contributed by atoms with van der Waals surface area (Å²) in [5.41, 5.74) is 2.19. The summed E-state index contributed by atoms with van der Waals surface area (Å²) in [6.45, 7) is 20.0. The summed E-state index contributed by atoms with van der Waals surface area (Å²) in [4.78, 5) is 0. The zero-order valence-electron chi connectivity index (χ0n) is 13.8. The Labute approximate surface area is 124 Å². The van der Waals surface area contributed by atoms with Gasteiger partial charge in [0.05, 0.1) is 0 Å². The first-order valence-electron chi connectivity index (χ1n) is 7.38. The number of fused-ring (bicyclic) bond motifs is 1. The van der Waals surface area contributed by atoms with Gasteiger partial charge < -0.3 is 4.74 Å². The molecular weight excluding hydrogens is 244 g/mol. The van der Waals surface area contributed by atoms with E-state index in [0.717, 1.165) is 17.1 Å². The van der Waals surface area contributed by atoms with Crippen molar-refractivity contribution in [3.05, 3.63) is 66.5 Å². The van der Waals surface area contributed by atoms with Crippen molar-refractivity contribution in [2.24, 2.45) is 0 Å². The minimum absolute atomic E-state index is 0.0832. The molecule has 0 radical (unpaired) electrons. The largest absolute Gasteiger partial charge is 0.457 e. The number of allylic oxidation sites excluding steroid dienone is 3. The van der Waals surface area contributed by atoms with E-state index < -0.39 is 0 Å². The molecule has 0 saturated carbocycles. The Hall–Kier alpha value is -1.76. The Morgan fingerprint density at radius 3 is 2.00 bits per heavy atom. The highest BCUT2D eigenvalue weighted by Gasteiger charge is 2.33. The first-order valence-corrected chi connectivity index (χ1v) is 7.38. The average molecular weight is 272 g/mol. The predicted molar refractivity (Wildman–Crippen MR) is 90.2 cm³/mol. The summed E-state index contributed by atoms with van der Waals surface area (Å²) in [6.07, 6.45) is 3.60. The maximum atomic E-state index is 5.81. The van der Waals surface area contributed by atoms with Gasteiger partial charge in [-0.1, -0.05) is 79.0 Å². The van der Waals surface area contributed by atoms with E-state index in [1.165, 1.54) is 5.56 Å². The van der Waals surface area contributed by atoms with Crippen LogP contribution in [0.3, 0.4) is 0 Å². The van der Waals surface area contributed by atoms with Crippen LogP contribution in [0.5, 0.6) is 5.75 Å². The fourth-order valence-electron chi connectivity index (χ4n) is 2.21. The number of ether oxygens (including phenoxy) is 1. The second-order valence-corrected chi connectivity index (χ2v) is 4.41. The van der Waals surface area contributed by atoms with Crippen LogP contribution in [-0.2, 0) is 5.41 Å². The third kappa shape index (κ3) is 3.41. The zero-order chi connectivity index (χ0) is 15.8. The van der Waals surface area contributed by atoms with Crippen molar-refractivity contribution in [2.75, 3.05) is 0 Å². The van der Waals surface area contributed by atoms with Gasteiger partial charge in [0.15, 0.2) is 0 Å². The lowest BCUT2D eigenvalue weighted by Gasteiger charge is -2.34. The SMILES string of the molecule is C=CC1=C(C=C)C(C)(C)c2ccccc2O1.CC.CC. The average Bonchev–Trinajstić information content (AvgIpc) is 2.50. The van der Waals surface area contributed by atoms with E-state index in [9.17, 15) is 0 Å². The van der Waals surface area contributed by atoms with Crippen LogP contribution < -0.4 is 4.74 Å². The van der Waals surface area contributed by atoms with Gasteiger partial charge in [0.2, 0.25) is 0 Å². The molecule has 0 fully saturated rings. The van der Waals surface area contributed by atoms with Gasteiger partial charge in [-0.2, -0.15) is 0 Å². The van der Waals surface area contributed by atoms with Crippen molar-refractivity contribution in [3.8, 4) is 5.75 Å². The minimum atomic E-state index is -0.0832. The molecule has 0 saturated heterocycles. The summed E-state index contributed by atoms with van der Waals surface area (Å²) in [7, 11) is 0. The summed E-state index contributed by atoms with van der Waals surface area (Å²) in [5.74, 6) is 1.71. The molecule has 2 rings (SSSR count). The predicted octanol–water partition coefficient (Wildman–Crippen LogP) is 6.04. The van der Waals surface area contributed by atoms with Gasteiger partial charge in [0.25, 0.3) is 0 Å². The minimum Gasteiger partial charge on any atom is -0.457 e. The molecule has 1 heteroatoms. The van der Waals surface area contributed by atoms with Gasteiger partial charge >= 0.3 is 0 Å². The monoisotopic (exact) mass is 272 g/mol. The van der Waals surface area contributed by atoms with Crippen molar-refractivity contribution in [2.45, 2.75) is 47.0 Å². The Morgan fingerprint density at radius 1 is 0.950 bits per heavy atom. The van der Waals surface area contributed by atoms with Crippen LogP contribution in [0.2, 0.25) is 0 Å². The highest BCUT2D eigenvalue weighted by molar-refractivity contribution is 5.53. The molecule has 0 aromatic heterocycles. The number of hydrogen-bond acceptors (Lipinski definition) is 1. The summed E-state index contributed by atoms with van der Waals surface area (Å²) >= 11 is 0. The molecule has 0 unspecified atom stereocenters. The van der Waals surface area contributed by atoms with Crippen molar-refractivity contribution in [1.82, 2.24) is 0 Å². The fraction of sp³-hybridized carbons (Fsp3) is 0.368. The van der Waals surface area contributed by atoms with Crippen LogP contribution in [0.1, 0.15) is 47.1 Å². The number of para-hydroxylation sites is 1. The Balaban J connectivity index is 0.000000829. The summed E-state index contributed by atoms with van der Waals surface area (Å²) < 4.78 is 5.81. The maximum absolute atomic E-state index is 5.81. The van der Waals surface area contributed by atoms with E-state index in [1.807, 2.05) is 52.0 Å². The fourth-order valence-corrected chi connectivity index (χ4v) is 2.21. The molecule has 20 heavy (non-hydrogen) atoms. The molecule has 1 aliphatic heterocycles. The quantitative estimate of drug-likeness (QED) is 0.638. The highest BCUT2D eigenvalue weighted by Crippen LogP contribution is 2.43. The number of rotatable bonds is 2. The molecule has 1 heterocycles. The molecule has 0 bridgehead atoms. The molecule has 0 atom stereocenters. The Kier molecular flexibility index (Phi) is 7.68. The normalized spacial score (nSPS) is 14.5. The highest BCUT2D eigenvalue weighted by atomic mass is 16.5. The van der Waals surface area contributed by atoms with Gasteiger partial charge in [-0.25, -0.2) is 0 Å². The third-order valence-electron chi connectivity index (χ3n) is 3.11. The van der Waals surface area contributed by atoms with E-state index in [1.54, 1.807) is 6.08 Å². The first-order chi connectivity index (χ1) is 9.61. The van der Waals surface area contributed by atoms with Crippen LogP contribution in [-0.4, -0.2) is 0 Å². The van der Waals surface area contributed by atoms with E-state index in [-0.39, 0.29) is 5.41 Å². The van der Waals surface area contributed by atoms with Crippen molar-refractivity contribution < 1.29 is 4.74 Å². The summed E-state index contributed by atoms with van der Waals surface area (Å²) in [6, 6.07) is 8.09. The lowest BCUT2D eigenvalue weighted by Crippen LogP contribution is -2.26. The van der Waals surface area contributed by atoms with E-state index in [2.05, 4.69) is 33.1 Å². The lowest BCUT2D eigenvalue weighted by molar-refractivity contribution is 0.388. The van der Waals surface area contributed by atoms with Gasteiger partial charge in [-0.15, -0.1) is 0 Å². The standard InChI is InChI=1S/C15H16O.2C2H6/c1-5-11-13(6-2)16-14-10-8-7-9-12(14)15(11,3)4;2*1-2/h5-10H,1-2H2,3-4H3;2*1-2H3. The van der Waals surface area contributed by atoms with Crippen molar-refractivity contribution in [1.29, 1.82) is 0 Å². The van der Waals surface area contributed by atoms with E-state index >= 15 is 0 Å². The van der Waals surface area contributed by atoms with Crippen LogP contribution in [0.15, 0.2) is 60.9 Å². The molecule has 1 aromatic carbocycles. The van der Waals surface area contributed by atoms with Crippen molar-refractivity contribution in [3.63, 3.8) is 0 Å². The molecule has 0 spiro atoms. The lowest BCUT2D eigenvalue weighted by atomic mass is 9.75. The van der Waals surface area contributed by atoms with Crippen LogP contribution in [0.4, 0.5) is 0 Å². The third-order valence-corrected chi connectivity index (χ3v) is 3.11. The second kappa shape index (κ2) is 8.42. The van der Waals surface area contributed by atoms with Crippen LogP contribution >= 0.6 is 0 Å². The van der Waals surface area contributed by atoms with E-state index in [4.69, 9.17) is 4.74 Å². The molecule has 0 N–H and O–H groups in total. The molecule has 0 aliphatic carbocycles. The Bertz CT molecular complexity index is 478. The maximum Gasteiger partial charge on any atom is 0.131 e. The zero-order valence-corrected chi connectivity index (χ0v) is 13.8.